The molecule has 0 aromatic heterocycles. The van der Waals surface area contributed by atoms with Crippen LogP contribution in [0.5, 0.6) is 0 Å². The average Bonchev–Trinajstić information content (AvgIpc) is 2.86. The summed E-state index contributed by atoms with van der Waals surface area (Å²) in [6.07, 6.45) is 8.45. The summed E-state index contributed by atoms with van der Waals surface area (Å²) in [4.78, 5) is 0. The number of thiocarbonyl (C=S) groups is 1. The van der Waals surface area contributed by atoms with E-state index >= 15 is 0 Å². The van der Waals surface area contributed by atoms with Gasteiger partial charge >= 0.3 is 0 Å². The van der Waals surface area contributed by atoms with Gasteiger partial charge in [0.1, 0.15) is 0 Å². The van der Waals surface area contributed by atoms with Crippen LogP contribution in [0.4, 0.5) is 0 Å². The smallest absolute Gasteiger partial charge is 0.184 e. The highest BCUT2D eigenvalue weighted by atomic mass is 32.1. The van der Waals surface area contributed by atoms with Crippen LogP contribution in [0.25, 0.3) is 0 Å². The highest BCUT2D eigenvalue weighted by molar-refractivity contribution is 7.80. The second kappa shape index (κ2) is 3.30. The Morgan fingerprint density at radius 1 is 1.60 bits per heavy atom. The Hall–Kier alpha value is -0.900. The van der Waals surface area contributed by atoms with Gasteiger partial charge in [-0.2, -0.15) is 5.10 Å². The standard InChI is InChI=1S/C11H15N3S/c12-11(15)14-13-10-5-6-4-9(10)8-3-1-2-7(6)8/h1,3,6-9H,2,4-5H2,(H3,12,14,15). The van der Waals surface area contributed by atoms with Crippen LogP contribution < -0.4 is 11.2 Å². The van der Waals surface area contributed by atoms with Gasteiger partial charge in [-0.15, -0.1) is 0 Å². The minimum atomic E-state index is 0.267. The van der Waals surface area contributed by atoms with E-state index in [-0.39, 0.29) is 5.11 Å². The van der Waals surface area contributed by atoms with Crippen LogP contribution in [-0.2, 0) is 0 Å². The van der Waals surface area contributed by atoms with Gasteiger partial charge in [-0.1, -0.05) is 12.2 Å². The Morgan fingerprint density at radius 2 is 2.47 bits per heavy atom. The van der Waals surface area contributed by atoms with Gasteiger partial charge in [-0.3, -0.25) is 5.43 Å². The molecule has 0 aromatic rings. The van der Waals surface area contributed by atoms with E-state index in [1.54, 1.807) is 0 Å². The van der Waals surface area contributed by atoms with Gasteiger partial charge in [-0.05, 0) is 49.2 Å². The molecule has 0 amide bonds. The van der Waals surface area contributed by atoms with Crippen molar-refractivity contribution in [2.75, 3.05) is 0 Å². The van der Waals surface area contributed by atoms with Crippen molar-refractivity contribution in [2.45, 2.75) is 19.3 Å². The van der Waals surface area contributed by atoms with E-state index in [4.69, 9.17) is 18.0 Å². The number of nitrogens with one attached hydrogen (secondary N) is 1. The maximum absolute atomic E-state index is 5.37. The molecule has 80 valence electrons. The fraction of sp³-hybridized carbons (Fsp3) is 0.636. The molecule has 3 N–H and O–H groups in total. The number of fused-ring (bicyclic) bond motifs is 5. The van der Waals surface area contributed by atoms with Crippen molar-refractivity contribution in [2.24, 2.45) is 34.5 Å². The molecule has 2 saturated carbocycles. The van der Waals surface area contributed by atoms with Gasteiger partial charge < -0.3 is 5.73 Å². The largest absolute Gasteiger partial charge is 0.375 e. The summed E-state index contributed by atoms with van der Waals surface area (Å²) in [5.74, 6) is 3.15. The fourth-order valence-electron chi connectivity index (χ4n) is 3.56. The molecule has 4 atom stereocenters. The van der Waals surface area contributed by atoms with Crippen molar-refractivity contribution in [3.8, 4) is 0 Å². The van der Waals surface area contributed by atoms with Gasteiger partial charge in [-0.25, -0.2) is 0 Å². The molecular weight excluding hydrogens is 206 g/mol. The number of hydrogen-bond acceptors (Lipinski definition) is 2. The van der Waals surface area contributed by atoms with Crippen molar-refractivity contribution < 1.29 is 0 Å². The van der Waals surface area contributed by atoms with E-state index < -0.39 is 0 Å². The quantitative estimate of drug-likeness (QED) is 0.400. The third-order valence-electron chi connectivity index (χ3n) is 4.10. The van der Waals surface area contributed by atoms with Crippen LogP contribution in [0.1, 0.15) is 19.3 Å². The summed E-state index contributed by atoms with van der Waals surface area (Å²) in [5, 5.41) is 4.60. The lowest BCUT2D eigenvalue weighted by molar-refractivity contribution is 0.356. The molecular formula is C11H15N3S. The van der Waals surface area contributed by atoms with E-state index in [1.165, 1.54) is 18.6 Å². The first-order valence-corrected chi connectivity index (χ1v) is 5.95. The van der Waals surface area contributed by atoms with Gasteiger partial charge in [0, 0.05) is 11.6 Å². The Balaban J connectivity index is 1.78. The van der Waals surface area contributed by atoms with Crippen LogP contribution in [-0.4, -0.2) is 10.8 Å². The third-order valence-corrected chi connectivity index (χ3v) is 4.19. The lowest BCUT2D eigenvalue weighted by Gasteiger charge is -2.25. The summed E-state index contributed by atoms with van der Waals surface area (Å²) in [5.41, 5.74) is 9.38. The van der Waals surface area contributed by atoms with E-state index in [0.29, 0.717) is 5.92 Å². The lowest BCUT2D eigenvalue weighted by atomic mass is 9.80. The number of allylic oxidation sites excluding steroid dienone is 2. The Kier molecular flexibility index (Phi) is 2.06. The van der Waals surface area contributed by atoms with Crippen LogP contribution in [0.3, 0.4) is 0 Å². The first kappa shape index (κ1) is 9.33. The molecule has 3 rings (SSSR count). The first-order valence-electron chi connectivity index (χ1n) is 5.54. The molecule has 3 nitrogen and oxygen atoms in total. The van der Waals surface area contributed by atoms with Crippen molar-refractivity contribution in [3.05, 3.63) is 12.2 Å². The molecule has 2 bridgehead atoms. The molecule has 15 heavy (non-hydrogen) atoms. The van der Waals surface area contributed by atoms with Crippen LogP contribution in [0, 0.1) is 23.7 Å². The zero-order chi connectivity index (χ0) is 10.4. The minimum absolute atomic E-state index is 0.267. The topological polar surface area (TPSA) is 50.4 Å². The van der Waals surface area contributed by atoms with Gasteiger partial charge in [0.15, 0.2) is 5.11 Å². The maximum atomic E-state index is 5.37. The summed E-state index contributed by atoms with van der Waals surface area (Å²) in [7, 11) is 0. The fourth-order valence-corrected chi connectivity index (χ4v) is 3.60. The summed E-state index contributed by atoms with van der Waals surface area (Å²) >= 11 is 4.76. The van der Waals surface area contributed by atoms with Gasteiger partial charge in [0.2, 0.25) is 0 Å². The third kappa shape index (κ3) is 1.39. The Morgan fingerprint density at radius 3 is 3.27 bits per heavy atom. The molecule has 3 aliphatic rings. The van der Waals surface area contributed by atoms with Crippen LogP contribution in [0.15, 0.2) is 17.3 Å². The predicted octanol–water partition coefficient (Wildman–Crippen LogP) is 1.41. The van der Waals surface area contributed by atoms with Gasteiger partial charge in [0.25, 0.3) is 0 Å². The highest BCUT2D eigenvalue weighted by Gasteiger charge is 2.50. The summed E-state index contributed by atoms with van der Waals surface area (Å²) < 4.78 is 0. The average molecular weight is 221 g/mol. The molecule has 0 radical (unpaired) electrons. The molecule has 0 saturated heterocycles. The zero-order valence-electron chi connectivity index (χ0n) is 8.52. The zero-order valence-corrected chi connectivity index (χ0v) is 9.33. The van der Waals surface area contributed by atoms with Crippen molar-refractivity contribution in [1.82, 2.24) is 5.43 Å². The van der Waals surface area contributed by atoms with Crippen LogP contribution in [0.2, 0.25) is 0 Å². The molecule has 4 unspecified atom stereocenters. The van der Waals surface area contributed by atoms with Crippen molar-refractivity contribution >= 4 is 23.0 Å². The molecule has 2 fully saturated rings. The monoisotopic (exact) mass is 221 g/mol. The SMILES string of the molecule is NC(=S)NN=C1CC2CC1C1C=CCC21. The summed E-state index contributed by atoms with van der Waals surface area (Å²) in [6, 6.07) is 0. The second-order valence-electron chi connectivity index (χ2n) is 4.79. The van der Waals surface area contributed by atoms with E-state index in [2.05, 4.69) is 22.7 Å². The van der Waals surface area contributed by atoms with E-state index in [9.17, 15) is 0 Å². The summed E-state index contributed by atoms with van der Waals surface area (Å²) in [6.45, 7) is 0. The first-order chi connectivity index (χ1) is 7.25. The number of rotatable bonds is 1. The normalized spacial score (nSPS) is 43.6. The molecule has 0 spiro atoms. The molecule has 4 heteroatoms. The van der Waals surface area contributed by atoms with Crippen LogP contribution >= 0.6 is 12.2 Å². The number of nitrogens with zero attached hydrogens (tertiary/aromatic N) is 1. The molecule has 3 aliphatic carbocycles. The molecule has 0 aliphatic heterocycles. The van der Waals surface area contributed by atoms with E-state index in [1.807, 2.05) is 0 Å². The molecule has 0 heterocycles. The van der Waals surface area contributed by atoms with Crippen molar-refractivity contribution in [1.29, 1.82) is 0 Å². The van der Waals surface area contributed by atoms with Crippen molar-refractivity contribution in [3.63, 3.8) is 0 Å². The number of hydrazone groups is 1. The second-order valence-corrected chi connectivity index (χ2v) is 5.23. The predicted molar refractivity (Wildman–Crippen MR) is 64.3 cm³/mol. The maximum Gasteiger partial charge on any atom is 0.184 e. The Labute approximate surface area is 94.8 Å². The highest BCUT2D eigenvalue weighted by Crippen LogP contribution is 2.55. The Bertz CT molecular complexity index is 361. The lowest BCUT2D eigenvalue weighted by Crippen LogP contribution is -2.30. The number of nitrogens with two attached hydrogens (primary N) is 1. The minimum Gasteiger partial charge on any atom is -0.375 e. The molecule has 0 aromatic carbocycles. The van der Waals surface area contributed by atoms with E-state index in [0.717, 1.165) is 24.2 Å². The van der Waals surface area contributed by atoms with Gasteiger partial charge in [0.05, 0.1) is 0 Å². The number of hydrogen-bond donors (Lipinski definition) is 2.